The van der Waals surface area contributed by atoms with Crippen molar-refractivity contribution in [3.05, 3.63) is 42.1 Å². The standard InChI is InChI=1S/C18H27N3/c1-4-19-18(11-13-21(5-2)6-3)16-9-10-17-15(14-16)8-7-12-20-17/h7-10,12,14,18-19H,4-6,11,13H2,1-3H3. The molecule has 3 heteroatoms. The van der Waals surface area contributed by atoms with E-state index < -0.39 is 0 Å². The minimum Gasteiger partial charge on any atom is -0.310 e. The predicted octanol–water partition coefficient (Wildman–Crippen LogP) is 3.62. The highest BCUT2D eigenvalue weighted by Gasteiger charge is 2.12. The molecule has 0 amide bonds. The molecule has 114 valence electrons. The number of hydrogen-bond donors (Lipinski definition) is 1. The summed E-state index contributed by atoms with van der Waals surface area (Å²) in [4.78, 5) is 6.88. The monoisotopic (exact) mass is 285 g/mol. The van der Waals surface area contributed by atoms with Gasteiger partial charge in [-0.25, -0.2) is 0 Å². The number of nitrogens with one attached hydrogen (secondary N) is 1. The van der Waals surface area contributed by atoms with Crippen LogP contribution in [0.3, 0.4) is 0 Å². The van der Waals surface area contributed by atoms with E-state index >= 15 is 0 Å². The van der Waals surface area contributed by atoms with Crippen LogP contribution in [-0.2, 0) is 0 Å². The fraction of sp³-hybridized carbons (Fsp3) is 0.500. The highest BCUT2D eigenvalue weighted by atomic mass is 15.1. The molecule has 1 N–H and O–H groups in total. The summed E-state index contributed by atoms with van der Waals surface area (Å²) in [6, 6.07) is 11.2. The van der Waals surface area contributed by atoms with Crippen LogP contribution >= 0.6 is 0 Å². The van der Waals surface area contributed by atoms with E-state index in [9.17, 15) is 0 Å². The van der Waals surface area contributed by atoms with Gasteiger partial charge in [-0.15, -0.1) is 0 Å². The van der Waals surface area contributed by atoms with Crippen molar-refractivity contribution in [2.45, 2.75) is 33.2 Å². The van der Waals surface area contributed by atoms with Gasteiger partial charge in [0.15, 0.2) is 0 Å². The van der Waals surface area contributed by atoms with Crippen molar-refractivity contribution in [1.29, 1.82) is 0 Å². The number of hydrogen-bond acceptors (Lipinski definition) is 3. The fourth-order valence-corrected chi connectivity index (χ4v) is 2.80. The Balaban J connectivity index is 2.15. The number of pyridine rings is 1. The Morgan fingerprint density at radius 3 is 2.67 bits per heavy atom. The van der Waals surface area contributed by atoms with Crippen LogP contribution in [0.15, 0.2) is 36.5 Å². The first-order chi connectivity index (χ1) is 10.3. The molecule has 1 aromatic carbocycles. The number of fused-ring (bicyclic) bond motifs is 1. The van der Waals surface area contributed by atoms with Crippen molar-refractivity contribution in [2.75, 3.05) is 26.2 Å². The van der Waals surface area contributed by atoms with Gasteiger partial charge >= 0.3 is 0 Å². The molecule has 1 aromatic heterocycles. The van der Waals surface area contributed by atoms with E-state index in [-0.39, 0.29) is 0 Å². The largest absolute Gasteiger partial charge is 0.310 e. The van der Waals surface area contributed by atoms with Crippen LogP contribution in [0, 0.1) is 0 Å². The van der Waals surface area contributed by atoms with Crippen molar-refractivity contribution in [1.82, 2.24) is 15.2 Å². The van der Waals surface area contributed by atoms with E-state index in [1.165, 1.54) is 10.9 Å². The topological polar surface area (TPSA) is 28.2 Å². The van der Waals surface area contributed by atoms with Crippen LogP contribution < -0.4 is 5.32 Å². The fourth-order valence-electron chi connectivity index (χ4n) is 2.80. The molecule has 0 fully saturated rings. The lowest BCUT2D eigenvalue weighted by molar-refractivity contribution is 0.282. The average molecular weight is 285 g/mol. The summed E-state index contributed by atoms with van der Waals surface area (Å²) in [6.45, 7) is 11.0. The third-order valence-electron chi connectivity index (χ3n) is 4.11. The molecule has 0 saturated carbocycles. The SMILES string of the molecule is CCNC(CCN(CC)CC)c1ccc2ncccc2c1. The van der Waals surface area contributed by atoms with Gasteiger partial charge in [-0.2, -0.15) is 0 Å². The van der Waals surface area contributed by atoms with E-state index in [1.54, 1.807) is 0 Å². The first-order valence-electron chi connectivity index (χ1n) is 8.08. The predicted molar refractivity (Wildman–Crippen MR) is 90.6 cm³/mol. The lowest BCUT2D eigenvalue weighted by Crippen LogP contribution is -2.29. The minimum atomic E-state index is 0.417. The summed E-state index contributed by atoms with van der Waals surface area (Å²) in [5, 5.41) is 4.84. The summed E-state index contributed by atoms with van der Waals surface area (Å²) in [5.41, 5.74) is 2.43. The summed E-state index contributed by atoms with van der Waals surface area (Å²) >= 11 is 0. The summed E-state index contributed by atoms with van der Waals surface area (Å²) in [5.74, 6) is 0. The molecular formula is C18H27N3. The molecule has 1 heterocycles. The Kier molecular flexibility index (Phi) is 6.15. The molecule has 21 heavy (non-hydrogen) atoms. The highest BCUT2D eigenvalue weighted by molar-refractivity contribution is 5.79. The van der Waals surface area contributed by atoms with E-state index in [0.29, 0.717) is 6.04 Å². The van der Waals surface area contributed by atoms with E-state index in [4.69, 9.17) is 0 Å². The molecule has 3 nitrogen and oxygen atoms in total. The molecule has 0 bridgehead atoms. The van der Waals surface area contributed by atoms with Gasteiger partial charge in [-0.3, -0.25) is 4.98 Å². The van der Waals surface area contributed by atoms with Crippen LogP contribution in [0.25, 0.3) is 10.9 Å². The molecule has 0 aliphatic carbocycles. The zero-order valence-corrected chi connectivity index (χ0v) is 13.5. The average Bonchev–Trinajstić information content (AvgIpc) is 2.54. The van der Waals surface area contributed by atoms with Gasteiger partial charge in [0.1, 0.15) is 0 Å². The Bertz CT molecular complexity index is 549. The smallest absolute Gasteiger partial charge is 0.0702 e. The number of nitrogens with zero attached hydrogens (tertiary/aromatic N) is 2. The molecule has 2 rings (SSSR count). The maximum absolute atomic E-state index is 4.40. The van der Waals surface area contributed by atoms with Crippen LogP contribution in [-0.4, -0.2) is 36.1 Å². The molecule has 0 spiro atoms. The lowest BCUT2D eigenvalue weighted by atomic mass is 10.0. The molecular weight excluding hydrogens is 258 g/mol. The van der Waals surface area contributed by atoms with Crippen LogP contribution in [0.2, 0.25) is 0 Å². The Labute approximate surface area is 128 Å². The normalized spacial score (nSPS) is 13.0. The second-order valence-electron chi connectivity index (χ2n) is 5.38. The number of benzene rings is 1. The molecule has 0 aliphatic rings. The van der Waals surface area contributed by atoms with Crippen LogP contribution in [0.4, 0.5) is 0 Å². The Hall–Kier alpha value is -1.45. The third-order valence-corrected chi connectivity index (χ3v) is 4.11. The summed E-state index contributed by atoms with van der Waals surface area (Å²) in [6.07, 6.45) is 2.99. The van der Waals surface area contributed by atoms with Crippen molar-refractivity contribution >= 4 is 10.9 Å². The molecule has 2 aromatic rings. The molecule has 0 radical (unpaired) electrons. The second kappa shape index (κ2) is 8.11. The highest BCUT2D eigenvalue weighted by Crippen LogP contribution is 2.21. The minimum absolute atomic E-state index is 0.417. The third kappa shape index (κ3) is 4.26. The van der Waals surface area contributed by atoms with Gasteiger partial charge in [0.05, 0.1) is 5.52 Å². The van der Waals surface area contributed by atoms with Crippen molar-refractivity contribution in [3.8, 4) is 0 Å². The van der Waals surface area contributed by atoms with Crippen LogP contribution in [0.1, 0.15) is 38.8 Å². The van der Waals surface area contributed by atoms with Gasteiger partial charge < -0.3 is 10.2 Å². The molecule has 1 atom stereocenters. The van der Waals surface area contributed by atoms with E-state index in [1.807, 2.05) is 12.3 Å². The second-order valence-corrected chi connectivity index (χ2v) is 5.38. The number of aromatic nitrogens is 1. The summed E-state index contributed by atoms with van der Waals surface area (Å²) < 4.78 is 0. The quantitative estimate of drug-likeness (QED) is 0.803. The van der Waals surface area contributed by atoms with E-state index in [2.05, 4.69) is 60.2 Å². The van der Waals surface area contributed by atoms with Crippen molar-refractivity contribution in [3.63, 3.8) is 0 Å². The van der Waals surface area contributed by atoms with Gasteiger partial charge in [0.2, 0.25) is 0 Å². The molecule has 0 aliphatic heterocycles. The van der Waals surface area contributed by atoms with Gasteiger partial charge in [0, 0.05) is 17.6 Å². The Morgan fingerprint density at radius 1 is 1.14 bits per heavy atom. The van der Waals surface area contributed by atoms with E-state index in [0.717, 1.165) is 38.1 Å². The lowest BCUT2D eigenvalue weighted by Gasteiger charge is -2.24. The molecule has 0 saturated heterocycles. The Morgan fingerprint density at radius 2 is 1.95 bits per heavy atom. The zero-order valence-electron chi connectivity index (χ0n) is 13.5. The van der Waals surface area contributed by atoms with Gasteiger partial charge in [-0.1, -0.05) is 32.9 Å². The van der Waals surface area contributed by atoms with Crippen molar-refractivity contribution in [2.24, 2.45) is 0 Å². The van der Waals surface area contributed by atoms with Crippen LogP contribution in [0.5, 0.6) is 0 Å². The maximum atomic E-state index is 4.40. The maximum Gasteiger partial charge on any atom is 0.0702 e. The first kappa shape index (κ1) is 15.9. The van der Waals surface area contributed by atoms with Gasteiger partial charge in [-0.05, 0) is 56.4 Å². The van der Waals surface area contributed by atoms with Crippen molar-refractivity contribution < 1.29 is 0 Å². The number of rotatable bonds is 8. The van der Waals surface area contributed by atoms with Gasteiger partial charge in [0.25, 0.3) is 0 Å². The molecule has 1 unspecified atom stereocenters. The zero-order chi connectivity index (χ0) is 15.1. The summed E-state index contributed by atoms with van der Waals surface area (Å²) in [7, 11) is 0. The first-order valence-corrected chi connectivity index (χ1v) is 8.08.